The monoisotopic (exact) mass is 328 g/mol. The first-order valence-electron chi connectivity index (χ1n) is 7.04. The maximum Gasteiger partial charge on any atom is 0.137 e. The SMILES string of the molecule is C[C@@H]1CCC[NH+](C[C@H](O)COc2ccccc2Br)C1. The third kappa shape index (κ3) is 4.79. The van der Waals surface area contributed by atoms with Crippen molar-refractivity contribution in [2.24, 2.45) is 5.92 Å². The summed E-state index contributed by atoms with van der Waals surface area (Å²) in [4.78, 5) is 1.50. The third-order valence-electron chi connectivity index (χ3n) is 3.66. The maximum absolute atomic E-state index is 10.1. The third-order valence-corrected chi connectivity index (χ3v) is 4.31. The number of aliphatic hydroxyl groups excluding tert-OH is 1. The van der Waals surface area contributed by atoms with Crippen LogP contribution in [-0.2, 0) is 0 Å². The number of ether oxygens (including phenoxy) is 1. The van der Waals surface area contributed by atoms with Crippen LogP contribution < -0.4 is 9.64 Å². The van der Waals surface area contributed by atoms with Crippen molar-refractivity contribution >= 4 is 15.9 Å². The molecule has 2 N–H and O–H groups in total. The summed E-state index contributed by atoms with van der Waals surface area (Å²) in [6.45, 7) is 5.79. The molecule has 1 aromatic carbocycles. The van der Waals surface area contributed by atoms with Gasteiger partial charge in [-0.25, -0.2) is 0 Å². The van der Waals surface area contributed by atoms with E-state index < -0.39 is 6.10 Å². The van der Waals surface area contributed by atoms with Gasteiger partial charge in [0.05, 0.1) is 17.6 Å². The number of para-hydroxylation sites is 1. The largest absolute Gasteiger partial charge is 0.489 e. The molecule has 3 nitrogen and oxygen atoms in total. The second-order valence-corrected chi connectivity index (χ2v) is 6.41. The Morgan fingerprint density at radius 3 is 3.00 bits per heavy atom. The smallest absolute Gasteiger partial charge is 0.137 e. The average molecular weight is 329 g/mol. The summed E-state index contributed by atoms with van der Waals surface area (Å²) in [7, 11) is 0. The van der Waals surface area contributed by atoms with Crippen LogP contribution in [0.2, 0.25) is 0 Å². The fraction of sp³-hybridized carbons (Fsp3) is 0.600. The van der Waals surface area contributed by atoms with Gasteiger partial charge in [0, 0.05) is 5.92 Å². The molecule has 0 aliphatic carbocycles. The number of rotatable bonds is 5. The lowest BCUT2D eigenvalue weighted by atomic mass is 10.0. The zero-order valence-electron chi connectivity index (χ0n) is 11.4. The Hall–Kier alpha value is -0.580. The quantitative estimate of drug-likeness (QED) is 0.859. The predicted molar refractivity (Wildman–Crippen MR) is 79.6 cm³/mol. The Labute approximate surface area is 123 Å². The minimum Gasteiger partial charge on any atom is -0.489 e. The highest BCUT2D eigenvalue weighted by Gasteiger charge is 2.22. The fourth-order valence-electron chi connectivity index (χ4n) is 2.72. The molecule has 1 unspecified atom stereocenters. The number of hydrogen-bond donors (Lipinski definition) is 2. The lowest BCUT2D eigenvalue weighted by molar-refractivity contribution is -0.911. The molecule has 3 atom stereocenters. The Bertz CT molecular complexity index is 399. The van der Waals surface area contributed by atoms with Crippen LogP contribution >= 0.6 is 15.9 Å². The van der Waals surface area contributed by atoms with Crippen molar-refractivity contribution in [2.45, 2.75) is 25.9 Å². The first-order chi connectivity index (χ1) is 9.15. The molecule has 0 spiro atoms. The summed E-state index contributed by atoms with van der Waals surface area (Å²) in [6, 6.07) is 7.74. The molecule has 0 amide bonds. The molecule has 0 saturated carbocycles. The molecular weight excluding hydrogens is 306 g/mol. The highest BCUT2D eigenvalue weighted by atomic mass is 79.9. The molecule has 1 aromatic rings. The molecule has 0 radical (unpaired) electrons. The molecule has 1 aliphatic rings. The van der Waals surface area contributed by atoms with Crippen molar-refractivity contribution in [3.05, 3.63) is 28.7 Å². The van der Waals surface area contributed by atoms with Gasteiger partial charge in [0.25, 0.3) is 0 Å². The van der Waals surface area contributed by atoms with E-state index in [1.54, 1.807) is 0 Å². The molecule has 1 heterocycles. The number of hydrogen-bond acceptors (Lipinski definition) is 2. The van der Waals surface area contributed by atoms with Gasteiger partial charge in [-0.1, -0.05) is 19.1 Å². The van der Waals surface area contributed by atoms with Crippen LogP contribution in [0.1, 0.15) is 19.8 Å². The van der Waals surface area contributed by atoms with E-state index in [0.29, 0.717) is 6.61 Å². The van der Waals surface area contributed by atoms with Crippen LogP contribution in [-0.4, -0.2) is 37.5 Å². The molecule has 1 fully saturated rings. The van der Waals surface area contributed by atoms with Gasteiger partial charge in [0.1, 0.15) is 25.0 Å². The first-order valence-corrected chi connectivity index (χ1v) is 7.83. The van der Waals surface area contributed by atoms with Crippen LogP contribution in [0, 0.1) is 5.92 Å². The molecular formula is C15H23BrNO2+. The molecule has 106 valence electrons. The van der Waals surface area contributed by atoms with E-state index in [9.17, 15) is 5.11 Å². The number of quaternary nitrogens is 1. The molecule has 2 rings (SSSR count). The maximum atomic E-state index is 10.1. The normalized spacial score (nSPS) is 25.0. The number of likely N-dealkylation sites (tertiary alicyclic amines) is 1. The molecule has 4 heteroatoms. The van der Waals surface area contributed by atoms with Crippen molar-refractivity contribution in [3.8, 4) is 5.75 Å². The minimum absolute atomic E-state index is 0.362. The predicted octanol–water partition coefficient (Wildman–Crippen LogP) is 1.50. The lowest BCUT2D eigenvalue weighted by Crippen LogP contribution is -3.14. The second-order valence-electron chi connectivity index (χ2n) is 5.55. The van der Waals surface area contributed by atoms with Gasteiger partial charge in [-0.15, -0.1) is 0 Å². The van der Waals surface area contributed by atoms with E-state index >= 15 is 0 Å². The topological polar surface area (TPSA) is 33.9 Å². The molecule has 19 heavy (non-hydrogen) atoms. The van der Waals surface area contributed by atoms with Crippen LogP contribution in [0.3, 0.4) is 0 Å². The zero-order valence-corrected chi connectivity index (χ0v) is 13.0. The van der Waals surface area contributed by atoms with Gasteiger partial charge >= 0.3 is 0 Å². The Morgan fingerprint density at radius 1 is 1.47 bits per heavy atom. The lowest BCUT2D eigenvalue weighted by Gasteiger charge is -2.29. The van der Waals surface area contributed by atoms with Gasteiger partial charge in [0.2, 0.25) is 0 Å². The van der Waals surface area contributed by atoms with Gasteiger partial charge in [0.15, 0.2) is 0 Å². The molecule has 0 bridgehead atoms. The zero-order chi connectivity index (χ0) is 13.7. The van der Waals surface area contributed by atoms with Crippen LogP contribution in [0.25, 0.3) is 0 Å². The summed E-state index contributed by atoms with van der Waals surface area (Å²) in [5, 5.41) is 10.1. The minimum atomic E-state index is -0.396. The van der Waals surface area contributed by atoms with E-state index in [1.807, 2.05) is 24.3 Å². The van der Waals surface area contributed by atoms with Gasteiger partial charge in [-0.3, -0.25) is 0 Å². The van der Waals surface area contributed by atoms with E-state index in [-0.39, 0.29) is 0 Å². The Balaban J connectivity index is 1.75. The van der Waals surface area contributed by atoms with Crippen molar-refractivity contribution in [1.82, 2.24) is 0 Å². The summed E-state index contributed by atoms with van der Waals surface area (Å²) >= 11 is 3.44. The summed E-state index contributed by atoms with van der Waals surface area (Å²) in [6.07, 6.45) is 2.20. The van der Waals surface area contributed by atoms with Crippen molar-refractivity contribution in [1.29, 1.82) is 0 Å². The first kappa shape index (κ1) is 14.8. The van der Waals surface area contributed by atoms with E-state index in [0.717, 1.165) is 22.7 Å². The Morgan fingerprint density at radius 2 is 2.26 bits per heavy atom. The standard InChI is InChI=1S/C15H22BrNO2/c1-12-5-4-8-17(9-12)10-13(18)11-19-15-7-3-2-6-14(15)16/h2-3,6-7,12-13,18H,4-5,8-11H2,1H3/p+1/t12-,13+/m1/s1. The fourth-order valence-corrected chi connectivity index (χ4v) is 3.12. The van der Waals surface area contributed by atoms with E-state index in [1.165, 1.54) is 30.8 Å². The number of halogens is 1. The van der Waals surface area contributed by atoms with Crippen molar-refractivity contribution in [3.63, 3.8) is 0 Å². The summed E-state index contributed by atoms with van der Waals surface area (Å²) in [5.41, 5.74) is 0. The molecule has 1 aliphatic heterocycles. The van der Waals surface area contributed by atoms with E-state index in [4.69, 9.17) is 4.74 Å². The average Bonchev–Trinajstić information content (AvgIpc) is 2.38. The summed E-state index contributed by atoms with van der Waals surface area (Å²) < 4.78 is 6.59. The van der Waals surface area contributed by atoms with Gasteiger partial charge in [-0.2, -0.15) is 0 Å². The van der Waals surface area contributed by atoms with Crippen LogP contribution in [0.5, 0.6) is 5.75 Å². The number of piperidine rings is 1. The number of benzene rings is 1. The van der Waals surface area contributed by atoms with Crippen molar-refractivity contribution in [2.75, 3.05) is 26.2 Å². The van der Waals surface area contributed by atoms with E-state index in [2.05, 4.69) is 22.9 Å². The number of nitrogens with one attached hydrogen (secondary N) is 1. The van der Waals surface area contributed by atoms with Crippen LogP contribution in [0.4, 0.5) is 0 Å². The molecule has 1 saturated heterocycles. The summed E-state index contributed by atoms with van der Waals surface area (Å²) in [5.74, 6) is 1.57. The highest BCUT2D eigenvalue weighted by molar-refractivity contribution is 9.10. The van der Waals surface area contributed by atoms with Crippen LogP contribution in [0.15, 0.2) is 28.7 Å². The van der Waals surface area contributed by atoms with Crippen molar-refractivity contribution < 1.29 is 14.7 Å². The Kier molecular flexibility index (Phi) is 5.67. The number of aliphatic hydroxyl groups is 1. The van der Waals surface area contributed by atoms with Gasteiger partial charge in [-0.05, 0) is 40.9 Å². The highest BCUT2D eigenvalue weighted by Crippen LogP contribution is 2.23. The van der Waals surface area contributed by atoms with Gasteiger partial charge < -0.3 is 14.7 Å². The molecule has 0 aromatic heterocycles. The second kappa shape index (κ2) is 7.27.